The SMILES string of the molecule is CC(=O)[C@H]1[C@H](C(C)C)C[C@H]2[C@@H]3CC[C@H]4C[C@](C)(O)CC[C@]4(C)[C@H]3CC[C@@]21C. The van der Waals surface area contributed by atoms with Crippen LogP contribution < -0.4 is 0 Å². The maximum absolute atomic E-state index is 12.7. The first-order chi connectivity index (χ1) is 12.5. The van der Waals surface area contributed by atoms with E-state index in [0.29, 0.717) is 29.0 Å². The number of fused-ring (bicyclic) bond motifs is 5. The summed E-state index contributed by atoms with van der Waals surface area (Å²) in [7, 11) is 0. The minimum absolute atomic E-state index is 0.227. The van der Waals surface area contributed by atoms with E-state index in [9.17, 15) is 9.90 Å². The van der Waals surface area contributed by atoms with Gasteiger partial charge in [0.1, 0.15) is 5.78 Å². The molecule has 0 aromatic heterocycles. The summed E-state index contributed by atoms with van der Waals surface area (Å²) in [6, 6.07) is 0. The molecule has 4 rings (SSSR count). The normalized spacial score (nSPS) is 55.0. The van der Waals surface area contributed by atoms with Gasteiger partial charge < -0.3 is 5.11 Å². The Labute approximate surface area is 166 Å². The summed E-state index contributed by atoms with van der Waals surface area (Å²) in [5.74, 6) is 4.95. The second-order valence-electron chi connectivity index (χ2n) is 12.1. The number of ketones is 1. The van der Waals surface area contributed by atoms with Crippen LogP contribution in [0.1, 0.15) is 92.9 Å². The van der Waals surface area contributed by atoms with E-state index in [1.807, 2.05) is 6.92 Å². The molecule has 4 aliphatic rings. The predicted molar refractivity (Wildman–Crippen MR) is 110 cm³/mol. The minimum atomic E-state index is -0.448. The lowest BCUT2D eigenvalue weighted by atomic mass is 9.44. The van der Waals surface area contributed by atoms with Gasteiger partial charge in [0.15, 0.2) is 0 Å². The average molecular weight is 375 g/mol. The van der Waals surface area contributed by atoms with Crippen LogP contribution >= 0.6 is 0 Å². The molecule has 0 unspecified atom stereocenters. The highest BCUT2D eigenvalue weighted by atomic mass is 16.3. The van der Waals surface area contributed by atoms with Gasteiger partial charge in [0, 0.05) is 5.92 Å². The van der Waals surface area contributed by atoms with Gasteiger partial charge in [0.05, 0.1) is 5.60 Å². The van der Waals surface area contributed by atoms with E-state index in [1.165, 1.54) is 38.5 Å². The van der Waals surface area contributed by atoms with Crippen molar-refractivity contribution in [3.05, 3.63) is 0 Å². The Bertz CT molecular complexity index is 607. The van der Waals surface area contributed by atoms with Crippen molar-refractivity contribution in [3.63, 3.8) is 0 Å². The molecule has 0 amide bonds. The van der Waals surface area contributed by atoms with Crippen molar-refractivity contribution >= 4 is 5.78 Å². The maximum Gasteiger partial charge on any atom is 0.133 e. The first kappa shape index (κ1) is 19.9. The Balaban J connectivity index is 1.65. The van der Waals surface area contributed by atoms with Crippen LogP contribution in [-0.2, 0) is 4.79 Å². The Morgan fingerprint density at radius 3 is 2.30 bits per heavy atom. The molecule has 1 N–H and O–H groups in total. The molecule has 0 aliphatic heterocycles. The van der Waals surface area contributed by atoms with Crippen LogP contribution in [0.4, 0.5) is 0 Å². The van der Waals surface area contributed by atoms with Gasteiger partial charge in [-0.3, -0.25) is 4.79 Å². The number of carbonyl (C=O) groups is 1. The number of Topliss-reactive ketones (excluding diaryl/α,β-unsaturated/α-hetero) is 1. The summed E-state index contributed by atoms with van der Waals surface area (Å²) in [6.45, 7) is 13.6. The van der Waals surface area contributed by atoms with Crippen LogP contribution in [0.25, 0.3) is 0 Å². The van der Waals surface area contributed by atoms with Crippen LogP contribution in [0.3, 0.4) is 0 Å². The molecule has 9 atom stereocenters. The zero-order valence-corrected chi connectivity index (χ0v) is 18.6. The van der Waals surface area contributed by atoms with E-state index < -0.39 is 5.60 Å². The van der Waals surface area contributed by atoms with Gasteiger partial charge in [-0.2, -0.15) is 0 Å². The Kier molecular flexibility index (Phi) is 4.66. The zero-order valence-electron chi connectivity index (χ0n) is 18.6. The van der Waals surface area contributed by atoms with Crippen LogP contribution in [0.15, 0.2) is 0 Å². The molecule has 4 fully saturated rings. The van der Waals surface area contributed by atoms with Crippen molar-refractivity contribution in [1.82, 2.24) is 0 Å². The summed E-state index contributed by atoms with van der Waals surface area (Å²) in [6.07, 6.45) is 9.60. The molecule has 27 heavy (non-hydrogen) atoms. The molecule has 154 valence electrons. The Hall–Kier alpha value is -0.370. The third kappa shape index (κ3) is 2.87. The largest absolute Gasteiger partial charge is 0.390 e. The lowest BCUT2D eigenvalue weighted by Crippen LogP contribution is -2.55. The molecule has 0 radical (unpaired) electrons. The predicted octanol–water partition coefficient (Wildman–Crippen LogP) is 5.87. The van der Waals surface area contributed by atoms with Crippen molar-refractivity contribution in [2.24, 2.45) is 52.3 Å². The molecule has 0 aromatic rings. The molecule has 4 saturated carbocycles. The lowest BCUT2D eigenvalue weighted by molar-refractivity contribution is -0.150. The average Bonchev–Trinajstić information content (AvgIpc) is 2.89. The van der Waals surface area contributed by atoms with E-state index in [2.05, 4.69) is 34.6 Å². The van der Waals surface area contributed by atoms with Crippen LogP contribution in [0, 0.1) is 52.3 Å². The molecule has 0 saturated heterocycles. The molecule has 0 spiro atoms. The molecule has 0 bridgehead atoms. The van der Waals surface area contributed by atoms with E-state index in [0.717, 1.165) is 30.6 Å². The third-order valence-corrected chi connectivity index (χ3v) is 10.4. The van der Waals surface area contributed by atoms with Gasteiger partial charge in [0.25, 0.3) is 0 Å². The smallest absolute Gasteiger partial charge is 0.133 e. The van der Waals surface area contributed by atoms with Crippen molar-refractivity contribution in [3.8, 4) is 0 Å². The number of hydrogen-bond acceptors (Lipinski definition) is 2. The van der Waals surface area contributed by atoms with Crippen LogP contribution in [0.5, 0.6) is 0 Å². The van der Waals surface area contributed by atoms with Crippen molar-refractivity contribution in [1.29, 1.82) is 0 Å². The minimum Gasteiger partial charge on any atom is -0.390 e. The highest BCUT2D eigenvalue weighted by Crippen LogP contribution is 2.69. The van der Waals surface area contributed by atoms with Crippen molar-refractivity contribution < 1.29 is 9.90 Å². The van der Waals surface area contributed by atoms with Gasteiger partial charge in [0.2, 0.25) is 0 Å². The highest BCUT2D eigenvalue weighted by molar-refractivity contribution is 5.80. The third-order valence-electron chi connectivity index (χ3n) is 10.4. The quantitative estimate of drug-likeness (QED) is 0.656. The molecular formula is C25H42O2. The van der Waals surface area contributed by atoms with E-state index in [1.54, 1.807) is 0 Å². The molecule has 2 nitrogen and oxygen atoms in total. The molecule has 0 aromatic carbocycles. The number of carbonyl (C=O) groups excluding carboxylic acids is 1. The Morgan fingerprint density at radius 2 is 1.67 bits per heavy atom. The fourth-order valence-electron chi connectivity index (χ4n) is 8.95. The lowest BCUT2D eigenvalue weighted by Gasteiger charge is -2.61. The standard InChI is InChI=1S/C25H42O2/c1-15(2)19-13-21-18-8-7-17-14-23(4,27)11-12-24(17,5)20(18)9-10-25(21,6)22(19)16(3)26/h15,17-22,27H,7-14H2,1-6H3/t17-,18+,19-,20-,21-,22-,23+,24-,25-/m0/s1. The second kappa shape index (κ2) is 6.31. The molecule has 4 aliphatic carbocycles. The van der Waals surface area contributed by atoms with Crippen molar-refractivity contribution in [2.75, 3.05) is 0 Å². The van der Waals surface area contributed by atoms with E-state index >= 15 is 0 Å². The number of rotatable bonds is 2. The van der Waals surface area contributed by atoms with Crippen molar-refractivity contribution in [2.45, 2.75) is 98.5 Å². The zero-order chi connectivity index (χ0) is 19.8. The first-order valence-corrected chi connectivity index (χ1v) is 11.7. The maximum atomic E-state index is 12.7. The molecular weight excluding hydrogens is 332 g/mol. The number of hydrogen-bond donors (Lipinski definition) is 1. The fourth-order valence-corrected chi connectivity index (χ4v) is 8.95. The first-order valence-electron chi connectivity index (χ1n) is 11.7. The summed E-state index contributed by atoms with van der Waals surface area (Å²) < 4.78 is 0. The topological polar surface area (TPSA) is 37.3 Å². The summed E-state index contributed by atoms with van der Waals surface area (Å²) in [5, 5.41) is 10.7. The van der Waals surface area contributed by atoms with Gasteiger partial charge in [-0.05, 0) is 112 Å². The molecule has 0 heterocycles. The van der Waals surface area contributed by atoms with Crippen LogP contribution in [0.2, 0.25) is 0 Å². The summed E-state index contributed by atoms with van der Waals surface area (Å²) in [5.41, 5.74) is 0.190. The van der Waals surface area contributed by atoms with Gasteiger partial charge in [-0.15, -0.1) is 0 Å². The fraction of sp³-hybridized carbons (Fsp3) is 0.960. The van der Waals surface area contributed by atoms with Gasteiger partial charge in [-0.1, -0.05) is 27.7 Å². The van der Waals surface area contributed by atoms with Crippen LogP contribution in [-0.4, -0.2) is 16.5 Å². The summed E-state index contributed by atoms with van der Waals surface area (Å²) in [4.78, 5) is 12.7. The van der Waals surface area contributed by atoms with Gasteiger partial charge in [-0.25, -0.2) is 0 Å². The van der Waals surface area contributed by atoms with Gasteiger partial charge >= 0.3 is 0 Å². The molecule has 2 heteroatoms. The monoisotopic (exact) mass is 374 g/mol. The Morgan fingerprint density at radius 1 is 0.963 bits per heavy atom. The van der Waals surface area contributed by atoms with E-state index in [4.69, 9.17) is 0 Å². The van der Waals surface area contributed by atoms with E-state index in [-0.39, 0.29) is 11.3 Å². The highest BCUT2D eigenvalue weighted by Gasteiger charge is 2.63. The second-order valence-corrected chi connectivity index (χ2v) is 12.1. The number of aliphatic hydroxyl groups is 1. The summed E-state index contributed by atoms with van der Waals surface area (Å²) >= 11 is 0.